The topological polar surface area (TPSA) is 42.2 Å². The van der Waals surface area contributed by atoms with Gasteiger partial charge in [-0.3, -0.25) is 4.98 Å². The van der Waals surface area contributed by atoms with E-state index in [-0.39, 0.29) is 0 Å². The average molecular weight is 203 g/mol. The Morgan fingerprint density at radius 1 is 1.53 bits per heavy atom. The highest BCUT2D eigenvalue weighted by molar-refractivity contribution is 5.53. The lowest BCUT2D eigenvalue weighted by Crippen LogP contribution is -2.30. The lowest BCUT2D eigenvalue weighted by Gasteiger charge is -2.29. The summed E-state index contributed by atoms with van der Waals surface area (Å²) in [5.74, 6) is 0. The largest absolute Gasteiger partial charge is 0.366 e. The summed E-state index contributed by atoms with van der Waals surface area (Å²) in [6.07, 6.45) is 7.14. The minimum Gasteiger partial charge on any atom is -0.366 e. The standard InChI is InChI=1S/C12H17N3/c1-10-3-2-6-15(9-10)12-8-14-5-4-11(12)7-13/h3-5,8H,2,6-7,9,13H2,1H3. The molecular formula is C12H17N3. The molecule has 0 aromatic carbocycles. The third-order valence-electron chi connectivity index (χ3n) is 2.78. The van der Waals surface area contributed by atoms with Crippen LogP contribution in [0, 0.1) is 0 Å². The van der Waals surface area contributed by atoms with Crippen molar-refractivity contribution in [1.82, 2.24) is 4.98 Å². The molecule has 0 radical (unpaired) electrons. The minimum absolute atomic E-state index is 0.580. The van der Waals surface area contributed by atoms with Crippen molar-refractivity contribution in [3.8, 4) is 0 Å². The molecule has 1 aliphatic heterocycles. The highest BCUT2D eigenvalue weighted by atomic mass is 15.1. The zero-order chi connectivity index (χ0) is 10.7. The van der Waals surface area contributed by atoms with Crippen molar-refractivity contribution >= 4 is 5.69 Å². The molecule has 15 heavy (non-hydrogen) atoms. The smallest absolute Gasteiger partial charge is 0.0601 e. The van der Waals surface area contributed by atoms with E-state index in [4.69, 9.17) is 5.73 Å². The Labute approximate surface area is 90.6 Å². The molecule has 0 aliphatic carbocycles. The Kier molecular flexibility index (Phi) is 3.02. The van der Waals surface area contributed by atoms with E-state index in [0.29, 0.717) is 6.54 Å². The first kappa shape index (κ1) is 10.2. The quantitative estimate of drug-likeness (QED) is 0.744. The molecule has 0 fully saturated rings. The predicted octanol–water partition coefficient (Wildman–Crippen LogP) is 1.70. The average Bonchev–Trinajstić information content (AvgIpc) is 2.29. The van der Waals surface area contributed by atoms with E-state index in [1.807, 2.05) is 12.3 Å². The van der Waals surface area contributed by atoms with Gasteiger partial charge >= 0.3 is 0 Å². The fourth-order valence-electron chi connectivity index (χ4n) is 1.99. The summed E-state index contributed by atoms with van der Waals surface area (Å²) in [6, 6.07) is 2.00. The summed E-state index contributed by atoms with van der Waals surface area (Å²) in [6.45, 7) is 4.82. The van der Waals surface area contributed by atoms with Crippen LogP contribution >= 0.6 is 0 Å². The molecule has 0 spiro atoms. The van der Waals surface area contributed by atoms with Crippen molar-refractivity contribution in [1.29, 1.82) is 0 Å². The fourth-order valence-corrected chi connectivity index (χ4v) is 1.99. The van der Waals surface area contributed by atoms with E-state index in [9.17, 15) is 0 Å². The first-order chi connectivity index (χ1) is 7.31. The van der Waals surface area contributed by atoms with E-state index in [2.05, 4.69) is 22.9 Å². The number of anilines is 1. The summed E-state index contributed by atoms with van der Waals surface area (Å²) in [4.78, 5) is 6.53. The number of nitrogens with two attached hydrogens (primary N) is 1. The third-order valence-corrected chi connectivity index (χ3v) is 2.78. The van der Waals surface area contributed by atoms with Gasteiger partial charge in [-0.05, 0) is 25.0 Å². The maximum Gasteiger partial charge on any atom is 0.0601 e. The van der Waals surface area contributed by atoms with Crippen LogP contribution in [0.1, 0.15) is 18.9 Å². The number of rotatable bonds is 2. The second-order valence-corrected chi connectivity index (χ2v) is 3.97. The molecule has 2 rings (SSSR count). The fraction of sp³-hybridized carbons (Fsp3) is 0.417. The molecule has 2 heterocycles. The van der Waals surface area contributed by atoms with Gasteiger partial charge < -0.3 is 10.6 Å². The van der Waals surface area contributed by atoms with Crippen LogP contribution in [-0.2, 0) is 6.54 Å². The normalized spacial score (nSPS) is 16.4. The van der Waals surface area contributed by atoms with E-state index in [1.54, 1.807) is 6.20 Å². The highest BCUT2D eigenvalue weighted by Crippen LogP contribution is 2.22. The van der Waals surface area contributed by atoms with Crippen molar-refractivity contribution in [3.63, 3.8) is 0 Å². The van der Waals surface area contributed by atoms with Crippen LogP contribution in [0.25, 0.3) is 0 Å². The number of hydrogen-bond donors (Lipinski definition) is 1. The molecule has 1 aromatic rings. The maximum absolute atomic E-state index is 5.72. The van der Waals surface area contributed by atoms with Gasteiger partial charge in [-0.2, -0.15) is 0 Å². The number of nitrogens with zero attached hydrogens (tertiary/aromatic N) is 2. The van der Waals surface area contributed by atoms with Crippen LogP contribution in [0.2, 0.25) is 0 Å². The summed E-state index contributed by atoms with van der Waals surface area (Å²) in [5.41, 5.74) is 9.51. The van der Waals surface area contributed by atoms with Gasteiger partial charge in [0.2, 0.25) is 0 Å². The van der Waals surface area contributed by atoms with Crippen molar-refractivity contribution in [2.75, 3.05) is 18.0 Å². The minimum atomic E-state index is 0.580. The van der Waals surface area contributed by atoms with Crippen LogP contribution in [-0.4, -0.2) is 18.1 Å². The second-order valence-electron chi connectivity index (χ2n) is 3.97. The van der Waals surface area contributed by atoms with Crippen molar-refractivity contribution in [3.05, 3.63) is 35.7 Å². The second kappa shape index (κ2) is 4.45. The Hall–Kier alpha value is -1.35. The van der Waals surface area contributed by atoms with E-state index in [1.165, 1.54) is 16.8 Å². The van der Waals surface area contributed by atoms with Gasteiger partial charge in [-0.15, -0.1) is 0 Å². The van der Waals surface area contributed by atoms with E-state index >= 15 is 0 Å². The van der Waals surface area contributed by atoms with Gasteiger partial charge in [0.25, 0.3) is 0 Å². The number of aromatic nitrogens is 1. The molecule has 3 nitrogen and oxygen atoms in total. The monoisotopic (exact) mass is 203 g/mol. The molecule has 1 aliphatic rings. The van der Waals surface area contributed by atoms with Gasteiger partial charge in [0.05, 0.1) is 11.9 Å². The summed E-state index contributed by atoms with van der Waals surface area (Å²) >= 11 is 0. The zero-order valence-corrected chi connectivity index (χ0v) is 9.11. The van der Waals surface area contributed by atoms with Crippen molar-refractivity contribution in [2.45, 2.75) is 19.9 Å². The Morgan fingerprint density at radius 2 is 2.40 bits per heavy atom. The first-order valence-electron chi connectivity index (χ1n) is 5.35. The molecule has 1 aromatic heterocycles. The van der Waals surface area contributed by atoms with Crippen LogP contribution in [0.5, 0.6) is 0 Å². The molecule has 80 valence electrons. The first-order valence-corrected chi connectivity index (χ1v) is 5.35. The highest BCUT2D eigenvalue weighted by Gasteiger charge is 2.13. The van der Waals surface area contributed by atoms with Crippen molar-refractivity contribution in [2.24, 2.45) is 5.73 Å². The molecule has 3 heteroatoms. The summed E-state index contributed by atoms with van der Waals surface area (Å²) in [7, 11) is 0. The zero-order valence-electron chi connectivity index (χ0n) is 9.11. The van der Waals surface area contributed by atoms with Crippen LogP contribution in [0.15, 0.2) is 30.1 Å². The molecule has 0 amide bonds. The van der Waals surface area contributed by atoms with Gasteiger partial charge in [0.15, 0.2) is 0 Å². The summed E-state index contributed by atoms with van der Waals surface area (Å²) in [5, 5.41) is 0. The van der Waals surface area contributed by atoms with Gasteiger partial charge in [0, 0.05) is 25.8 Å². The molecule has 2 N–H and O–H groups in total. The Morgan fingerprint density at radius 3 is 3.13 bits per heavy atom. The third kappa shape index (κ3) is 2.18. The maximum atomic E-state index is 5.72. The summed E-state index contributed by atoms with van der Waals surface area (Å²) < 4.78 is 0. The molecule has 0 saturated heterocycles. The van der Waals surface area contributed by atoms with E-state index in [0.717, 1.165) is 19.5 Å². The van der Waals surface area contributed by atoms with Crippen LogP contribution in [0.3, 0.4) is 0 Å². The van der Waals surface area contributed by atoms with Crippen molar-refractivity contribution < 1.29 is 0 Å². The van der Waals surface area contributed by atoms with Gasteiger partial charge in [-0.25, -0.2) is 0 Å². The molecule has 0 unspecified atom stereocenters. The number of pyridine rings is 1. The van der Waals surface area contributed by atoms with E-state index < -0.39 is 0 Å². The lowest BCUT2D eigenvalue weighted by atomic mass is 10.1. The van der Waals surface area contributed by atoms with Crippen LogP contribution in [0.4, 0.5) is 5.69 Å². The Balaban J connectivity index is 2.25. The SMILES string of the molecule is CC1=CCCN(c2cnccc2CN)C1. The molecular weight excluding hydrogens is 186 g/mol. The molecule has 0 bridgehead atoms. The number of hydrogen-bond acceptors (Lipinski definition) is 3. The lowest BCUT2D eigenvalue weighted by molar-refractivity contribution is 0.782. The predicted molar refractivity (Wildman–Crippen MR) is 62.7 cm³/mol. The molecule has 0 saturated carbocycles. The van der Waals surface area contributed by atoms with Crippen LogP contribution < -0.4 is 10.6 Å². The Bertz CT molecular complexity index is 371. The van der Waals surface area contributed by atoms with Gasteiger partial charge in [-0.1, -0.05) is 11.6 Å². The molecule has 0 atom stereocenters. The van der Waals surface area contributed by atoms with Gasteiger partial charge in [0.1, 0.15) is 0 Å².